The highest BCUT2D eigenvalue weighted by molar-refractivity contribution is 8.07. The third-order valence-electron chi connectivity index (χ3n) is 2.95. The summed E-state index contributed by atoms with van der Waals surface area (Å²) < 4.78 is 36.3. The highest BCUT2D eigenvalue weighted by Crippen LogP contribution is 2.34. The van der Waals surface area contributed by atoms with Crippen molar-refractivity contribution in [2.75, 3.05) is 0 Å². The number of oxime groups is 1. The lowest BCUT2D eigenvalue weighted by atomic mass is 10.1. The number of aryl methyl sites for hydroxylation is 1. The molecular weight excluding hydrogens is 323 g/mol. The molecule has 7 nitrogen and oxygen atoms in total. The van der Waals surface area contributed by atoms with E-state index >= 15 is 0 Å². The summed E-state index contributed by atoms with van der Waals surface area (Å²) in [5.74, 6) is 0. The van der Waals surface area contributed by atoms with Crippen molar-refractivity contribution in [3.8, 4) is 0 Å². The van der Waals surface area contributed by atoms with Crippen LogP contribution in [0.15, 0.2) is 5.16 Å². The third kappa shape index (κ3) is 3.03. The Morgan fingerprint density at radius 1 is 1.48 bits per heavy atom. The summed E-state index contributed by atoms with van der Waals surface area (Å²) in [5, 5.41) is 11.2. The minimum Gasteiger partial charge on any atom is -0.389 e. The van der Waals surface area contributed by atoms with E-state index in [1.165, 1.54) is 4.80 Å². The van der Waals surface area contributed by atoms with Crippen LogP contribution in [-0.2, 0) is 27.9 Å². The minimum absolute atomic E-state index is 0.0841. The van der Waals surface area contributed by atoms with Crippen molar-refractivity contribution in [3.05, 3.63) is 11.4 Å². The highest BCUT2D eigenvalue weighted by Gasteiger charge is 2.42. The molecule has 1 unspecified atom stereocenters. The Kier molecular flexibility index (Phi) is 4.25. The first kappa shape index (κ1) is 16.2. The molecule has 1 aromatic heterocycles. The molecule has 0 saturated carbocycles. The molecule has 1 atom stereocenters. The van der Waals surface area contributed by atoms with Crippen LogP contribution in [0.5, 0.6) is 0 Å². The van der Waals surface area contributed by atoms with Gasteiger partial charge >= 0.3 is 0 Å². The number of hydrogen-bond donors (Lipinski definition) is 0. The van der Waals surface area contributed by atoms with Gasteiger partial charge in [0.2, 0.25) is 9.84 Å². The Morgan fingerprint density at radius 3 is 2.62 bits per heavy atom. The number of halogens is 2. The molecule has 1 aliphatic rings. The topological polar surface area (TPSA) is 86.4 Å². The van der Waals surface area contributed by atoms with E-state index in [1.807, 2.05) is 0 Å². The summed E-state index contributed by atoms with van der Waals surface area (Å²) in [6.45, 7) is 4.61. The van der Waals surface area contributed by atoms with Crippen LogP contribution in [0.2, 0.25) is 0 Å². The van der Waals surface area contributed by atoms with Gasteiger partial charge in [0.1, 0.15) is 23.7 Å². The number of alkyl halides is 2. The fourth-order valence-electron chi connectivity index (χ4n) is 1.83. The Bertz CT molecular complexity index is 671. The molecule has 1 aromatic rings. The lowest BCUT2D eigenvalue weighted by molar-refractivity contribution is 0.0123. The second kappa shape index (κ2) is 5.53. The lowest BCUT2D eigenvalue weighted by Gasteiger charge is -2.13. The monoisotopic (exact) mass is 338 g/mol. The first-order chi connectivity index (χ1) is 9.71. The molecule has 0 bridgehead atoms. The molecule has 118 valence electrons. The minimum atomic E-state index is -3.98. The van der Waals surface area contributed by atoms with E-state index in [9.17, 15) is 12.8 Å². The van der Waals surface area contributed by atoms with Crippen molar-refractivity contribution in [1.82, 2.24) is 15.0 Å². The maximum atomic E-state index is 13.0. The molecule has 0 fully saturated rings. The van der Waals surface area contributed by atoms with Gasteiger partial charge in [-0.3, -0.25) is 0 Å². The Labute approximate surface area is 127 Å². The van der Waals surface area contributed by atoms with Gasteiger partial charge in [-0.15, -0.1) is 0 Å². The van der Waals surface area contributed by atoms with Gasteiger partial charge < -0.3 is 4.84 Å². The van der Waals surface area contributed by atoms with Gasteiger partial charge in [-0.1, -0.05) is 16.8 Å². The first-order valence-corrected chi connectivity index (χ1v) is 8.32. The standard InChI is InChI=1S/C11H16ClFN4O3S/c1-4-17-14-7(6-13)9(15-17)10(12)21(18,19)8-5-11(2,3)20-16-8/h10H,4-6H2,1-3H3. The van der Waals surface area contributed by atoms with E-state index in [0.29, 0.717) is 6.54 Å². The summed E-state index contributed by atoms with van der Waals surface area (Å²) in [7, 11) is -3.98. The van der Waals surface area contributed by atoms with Gasteiger partial charge in [-0.2, -0.15) is 15.0 Å². The van der Waals surface area contributed by atoms with Gasteiger partial charge in [0.25, 0.3) is 0 Å². The lowest BCUT2D eigenvalue weighted by Crippen LogP contribution is -2.25. The van der Waals surface area contributed by atoms with Gasteiger partial charge in [0, 0.05) is 6.42 Å². The average molecular weight is 339 g/mol. The van der Waals surface area contributed by atoms with Crippen molar-refractivity contribution in [1.29, 1.82) is 0 Å². The normalized spacial score (nSPS) is 19.2. The van der Waals surface area contributed by atoms with Crippen molar-refractivity contribution in [2.45, 2.75) is 50.7 Å². The Balaban J connectivity index is 2.35. The summed E-state index contributed by atoms with van der Waals surface area (Å²) in [5.41, 5.74) is -0.893. The van der Waals surface area contributed by atoms with Crippen LogP contribution in [0.1, 0.15) is 43.3 Å². The first-order valence-electron chi connectivity index (χ1n) is 6.34. The molecule has 0 N–H and O–H groups in total. The maximum Gasteiger partial charge on any atom is 0.217 e. The molecule has 0 saturated heterocycles. The molecule has 1 aliphatic heterocycles. The van der Waals surface area contributed by atoms with Gasteiger partial charge in [0.15, 0.2) is 9.75 Å². The molecule has 0 spiro atoms. The molecular formula is C11H16ClFN4O3S. The number of hydrogen-bond acceptors (Lipinski definition) is 6. The van der Waals surface area contributed by atoms with E-state index in [4.69, 9.17) is 16.4 Å². The molecule has 0 aromatic carbocycles. The van der Waals surface area contributed by atoms with Crippen molar-refractivity contribution in [3.63, 3.8) is 0 Å². The third-order valence-corrected chi connectivity index (χ3v) is 5.51. The number of rotatable bonds is 4. The zero-order chi connectivity index (χ0) is 15.8. The van der Waals surface area contributed by atoms with E-state index in [1.54, 1.807) is 20.8 Å². The Hall–Kier alpha value is -1.22. The number of aromatic nitrogens is 3. The van der Waals surface area contributed by atoms with Crippen LogP contribution in [-0.4, -0.2) is 34.1 Å². The summed E-state index contributed by atoms with van der Waals surface area (Å²) in [6, 6.07) is 0. The van der Waals surface area contributed by atoms with Gasteiger partial charge in [0.05, 0.1) is 6.54 Å². The van der Waals surface area contributed by atoms with Crippen LogP contribution in [0.25, 0.3) is 0 Å². The largest absolute Gasteiger partial charge is 0.389 e. The molecule has 2 rings (SSSR count). The second-order valence-electron chi connectivity index (χ2n) is 5.23. The maximum absolute atomic E-state index is 13.0. The van der Waals surface area contributed by atoms with Crippen molar-refractivity contribution < 1.29 is 17.6 Å². The fraction of sp³-hybridized carbons (Fsp3) is 0.727. The van der Waals surface area contributed by atoms with E-state index in [-0.39, 0.29) is 22.9 Å². The fourth-order valence-corrected chi connectivity index (χ4v) is 3.71. The zero-order valence-corrected chi connectivity index (χ0v) is 13.4. The number of nitrogens with zero attached hydrogens (tertiary/aromatic N) is 4. The molecule has 0 amide bonds. The van der Waals surface area contributed by atoms with Gasteiger partial charge in [-0.25, -0.2) is 12.8 Å². The van der Waals surface area contributed by atoms with Crippen LogP contribution < -0.4 is 0 Å². The quantitative estimate of drug-likeness (QED) is 0.783. The Morgan fingerprint density at radius 2 is 2.14 bits per heavy atom. The molecule has 0 radical (unpaired) electrons. The van der Waals surface area contributed by atoms with Crippen molar-refractivity contribution in [2.24, 2.45) is 5.16 Å². The molecule has 10 heteroatoms. The second-order valence-corrected chi connectivity index (χ2v) is 7.96. The van der Waals surface area contributed by atoms with E-state index in [2.05, 4.69) is 15.4 Å². The summed E-state index contributed by atoms with van der Waals surface area (Å²) >= 11 is 6.02. The van der Waals surface area contributed by atoms with Crippen LogP contribution in [0.4, 0.5) is 4.39 Å². The van der Waals surface area contributed by atoms with Gasteiger partial charge in [-0.05, 0) is 20.8 Å². The summed E-state index contributed by atoms with van der Waals surface area (Å²) in [6.07, 6.45) is 0.103. The molecule has 21 heavy (non-hydrogen) atoms. The predicted octanol–water partition coefficient (Wildman–Crippen LogP) is 1.93. The highest BCUT2D eigenvalue weighted by atomic mass is 35.5. The SMILES string of the molecule is CCn1nc(CF)c(C(Cl)S(=O)(=O)C2=NOC(C)(C)C2)n1. The zero-order valence-electron chi connectivity index (χ0n) is 11.9. The summed E-state index contributed by atoms with van der Waals surface area (Å²) in [4.78, 5) is 6.24. The molecule has 0 aliphatic carbocycles. The van der Waals surface area contributed by atoms with Crippen LogP contribution in [0, 0.1) is 0 Å². The number of sulfone groups is 1. The average Bonchev–Trinajstić information content (AvgIpc) is 3.00. The van der Waals surface area contributed by atoms with E-state index in [0.717, 1.165) is 0 Å². The van der Waals surface area contributed by atoms with E-state index < -0.39 is 26.8 Å². The van der Waals surface area contributed by atoms with Crippen LogP contribution in [0.3, 0.4) is 0 Å². The predicted molar refractivity (Wildman–Crippen MR) is 75.2 cm³/mol. The smallest absolute Gasteiger partial charge is 0.217 e. The van der Waals surface area contributed by atoms with Crippen molar-refractivity contribution >= 4 is 26.5 Å². The van der Waals surface area contributed by atoms with Crippen LogP contribution >= 0.6 is 11.6 Å². The molecule has 2 heterocycles.